The van der Waals surface area contributed by atoms with Crippen molar-refractivity contribution in [2.24, 2.45) is 0 Å². The summed E-state index contributed by atoms with van der Waals surface area (Å²) in [5.41, 5.74) is -2.15. The van der Waals surface area contributed by atoms with E-state index in [1.54, 1.807) is 0 Å². The van der Waals surface area contributed by atoms with Crippen LogP contribution in [-0.2, 0) is 15.9 Å². The Bertz CT molecular complexity index is 1300. The molecule has 0 spiro atoms. The van der Waals surface area contributed by atoms with Gasteiger partial charge in [0.1, 0.15) is 11.3 Å². The van der Waals surface area contributed by atoms with E-state index in [0.717, 1.165) is 18.4 Å². The zero-order chi connectivity index (χ0) is 23.7. The predicted molar refractivity (Wildman–Crippen MR) is 103 cm³/mol. The van der Waals surface area contributed by atoms with Crippen LogP contribution in [0.1, 0.15) is 16.1 Å². The second-order valence-electron chi connectivity index (χ2n) is 6.45. The molecule has 0 aliphatic carbocycles. The first kappa shape index (κ1) is 23.1. The van der Waals surface area contributed by atoms with Crippen molar-refractivity contribution in [2.45, 2.75) is 11.1 Å². The summed E-state index contributed by atoms with van der Waals surface area (Å²) in [7, 11) is -3.12. The summed E-state index contributed by atoms with van der Waals surface area (Å²) in [6, 6.07) is 8.07. The summed E-state index contributed by atoms with van der Waals surface area (Å²) in [5, 5.41) is 8.54. The maximum absolute atomic E-state index is 13.4. The molecule has 2 aromatic carbocycles. The topological polar surface area (TPSA) is 105 Å². The number of amides is 1. The molecular formula is C19H13F5N4O3S. The number of hydrogen-bond acceptors (Lipinski definition) is 6. The van der Waals surface area contributed by atoms with Crippen LogP contribution in [-0.4, -0.2) is 26.6 Å². The van der Waals surface area contributed by atoms with E-state index in [4.69, 9.17) is 9.52 Å². The number of halogens is 5. The number of nitrogens with zero attached hydrogens (tertiary/aromatic N) is 2. The number of nitrogens with one attached hydrogen (secondary N) is 2. The van der Waals surface area contributed by atoms with Crippen molar-refractivity contribution in [3.05, 3.63) is 71.4 Å². The van der Waals surface area contributed by atoms with E-state index in [2.05, 4.69) is 15.5 Å². The quantitative estimate of drug-likeness (QED) is 0.517. The molecule has 0 radical (unpaired) electrons. The highest BCUT2D eigenvalue weighted by Gasteiger charge is 2.35. The molecule has 0 bridgehead atoms. The lowest BCUT2D eigenvalue weighted by molar-refractivity contribution is -0.141. The van der Waals surface area contributed by atoms with Crippen LogP contribution in [0.2, 0.25) is 0 Å². The van der Waals surface area contributed by atoms with Crippen LogP contribution in [0.25, 0.3) is 0 Å². The second kappa shape index (κ2) is 8.49. The van der Waals surface area contributed by atoms with Crippen LogP contribution in [0.5, 0.6) is 11.6 Å². The van der Waals surface area contributed by atoms with Gasteiger partial charge in [0.15, 0.2) is 17.3 Å². The number of hydrogen-bond donors (Lipinski definition) is 2. The van der Waals surface area contributed by atoms with Gasteiger partial charge < -0.3 is 10.1 Å². The third kappa shape index (κ3) is 5.35. The third-order valence-electron chi connectivity index (χ3n) is 3.94. The van der Waals surface area contributed by atoms with E-state index in [-0.39, 0.29) is 16.3 Å². The van der Waals surface area contributed by atoms with E-state index in [9.17, 15) is 31.0 Å². The number of carbonyl (C=O) groups excluding carboxylic acids is 1. The van der Waals surface area contributed by atoms with Gasteiger partial charge in [-0.2, -0.15) is 13.2 Å². The normalized spacial score (nSPS) is 13.3. The van der Waals surface area contributed by atoms with Gasteiger partial charge in [0.2, 0.25) is 0 Å². The maximum atomic E-state index is 13.4. The molecule has 32 heavy (non-hydrogen) atoms. The average molecular weight is 472 g/mol. The first-order valence-electron chi connectivity index (χ1n) is 8.57. The van der Waals surface area contributed by atoms with Crippen molar-refractivity contribution in [3.63, 3.8) is 0 Å². The Morgan fingerprint density at radius 1 is 1.06 bits per heavy atom. The first-order valence-corrected chi connectivity index (χ1v) is 10.5. The van der Waals surface area contributed by atoms with Gasteiger partial charge in [0, 0.05) is 22.9 Å². The summed E-state index contributed by atoms with van der Waals surface area (Å²) >= 11 is 0. The van der Waals surface area contributed by atoms with Gasteiger partial charge in [-0.05, 0) is 36.4 Å². The van der Waals surface area contributed by atoms with Gasteiger partial charge in [-0.25, -0.2) is 17.8 Å². The third-order valence-corrected chi connectivity index (χ3v) is 5.10. The minimum absolute atomic E-state index is 0.0403. The lowest BCUT2D eigenvalue weighted by Crippen LogP contribution is -2.18. The molecule has 2 N–H and O–H groups in total. The molecule has 13 heteroatoms. The molecular weight excluding hydrogens is 459 g/mol. The van der Waals surface area contributed by atoms with E-state index >= 15 is 0 Å². The molecule has 0 aliphatic rings. The predicted octanol–water partition coefficient (Wildman–Crippen LogP) is 4.85. The zero-order valence-electron chi connectivity index (χ0n) is 16.0. The van der Waals surface area contributed by atoms with Crippen LogP contribution in [0.4, 0.5) is 27.6 Å². The van der Waals surface area contributed by atoms with Crippen LogP contribution in [0.3, 0.4) is 0 Å². The van der Waals surface area contributed by atoms with Crippen molar-refractivity contribution < 1.29 is 35.7 Å². The van der Waals surface area contributed by atoms with Gasteiger partial charge in [0.25, 0.3) is 11.8 Å². The summed E-state index contributed by atoms with van der Waals surface area (Å²) in [6.45, 7) is 0. The summed E-state index contributed by atoms with van der Waals surface area (Å²) in [6.07, 6.45) is -3.77. The van der Waals surface area contributed by atoms with Crippen molar-refractivity contribution in [1.29, 1.82) is 4.78 Å². The molecule has 3 rings (SSSR count). The molecule has 168 valence electrons. The number of ether oxygens (including phenoxy) is 1. The molecule has 1 amide bonds. The van der Waals surface area contributed by atoms with E-state index < -0.39 is 50.6 Å². The lowest BCUT2D eigenvalue weighted by Gasteiger charge is -2.13. The van der Waals surface area contributed by atoms with Crippen molar-refractivity contribution in [1.82, 2.24) is 10.2 Å². The highest BCUT2D eigenvalue weighted by Crippen LogP contribution is 2.31. The summed E-state index contributed by atoms with van der Waals surface area (Å²) < 4.78 is 90.4. The van der Waals surface area contributed by atoms with Crippen LogP contribution >= 0.6 is 0 Å². The summed E-state index contributed by atoms with van der Waals surface area (Å²) in [4.78, 5) is 12.8. The number of anilines is 1. The van der Waals surface area contributed by atoms with E-state index in [1.165, 1.54) is 24.3 Å². The molecule has 1 aromatic heterocycles. The fraction of sp³-hybridized carbons (Fsp3) is 0.105. The number of alkyl halides is 3. The van der Waals surface area contributed by atoms with Gasteiger partial charge in [-0.3, -0.25) is 4.79 Å². The molecule has 1 heterocycles. The Kier molecular flexibility index (Phi) is 6.12. The average Bonchev–Trinajstić information content (AvgIpc) is 2.70. The Balaban J connectivity index is 2.00. The molecule has 0 saturated carbocycles. The molecule has 1 unspecified atom stereocenters. The number of carbonyl (C=O) groups is 1. The van der Waals surface area contributed by atoms with Gasteiger partial charge in [-0.1, -0.05) is 6.07 Å². The minimum atomic E-state index is -4.93. The fourth-order valence-corrected chi connectivity index (χ4v) is 3.11. The monoisotopic (exact) mass is 472 g/mol. The van der Waals surface area contributed by atoms with Crippen LogP contribution < -0.4 is 10.1 Å². The Hall–Kier alpha value is -3.61. The molecule has 7 nitrogen and oxygen atoms in total. The molecule has 1 atom stereocenters. The molecule has 0 saturated heterocycles. The Labute approximate surface area is 178 Å². The van der Waals surface area contributed by atoms with E-state index in [1.807, 2.05) is 0 Å². The van der Waals surface area contributed by atoms with Crippen LogP contribution in [0.15, 0.2) is 53.4 Å². The van der Waals surface area contributed by atoms with E-state index in [0.29, 0.717) is 12.1 Å². The van der Waals surface area contributed by atoms with Crippen molar-refractivity contribution >= 4 is 21.3 Å². The Morgan fingerprint density at radius 3 is 2.41 bits per heavy atom. The largest absolute Gasteiger partial charge is 0.437 e. The SMILES string of the molecule is CS(=N)(=O)c1cccc(NC(=O)c2cc(C(F)(F)F)nnc2Oc2ccc(F)c(F)c2)c1. The minimum Gasteiger partial charge on any atom is -0.437 e. The highest BCUT2D eigenvalue weighted by molar-refractivity contribution is 7.91. The smallest absolute Gasteiger partial charge is 0.435 e. The van der Waals surface area contributed by atoms with Gasteiger partial charge >= 0.3 is 6.18 Å². The first-order chi connectivity index (χ1) is 14.8. The summed E-state index contributed by atoms with van der Waals surface area (Å²) in [5.74, 6) is -4.61. The van der Waals surface area contributed by atoms with Crippen molar-refractivity contribution in [2.75, 3.05) is 11.6 Å². The zero-order valence-corrected chi connectivity index (χ0v) is 16.9. The molecule has 0 aliphatic heterocycles. The molecule has 3 aromatic rings. The second-order valence-corrected chi connectivity index (χ2v) is 8.61. The van der Waals surface area contributed by atoms with Gasteiger partial charge in [-0.15, -0.1) is 10.2 Å². The fourth-order valence-electron chi connectivity index (χ4n) is 2.42. The van der Waals surface area contributed by atoms with Gasteiger partial charge in [0.05, 0.1) is 9.73 Å². The highest BCUT2D eigenvalue weighted by atomic mass is 32.2. The Morgan fingerprint density at radius 2 is 1.78 bits per heavy atom. The number of aromatic nitrogens is 2. The molecule has 0 fully saturated rings. The lowest BCUT2D eigenvalue weighted by atomic mass is 10.2. The van der Waals surface area contributed by atoms with Crippen LogP contribution in [0, 0.1) is 16.4 Å². The number of rotatable bonds is 5. The van der Waals surface area contributed by atoms with Crippen molar-refractivity contribution in [3.8, 4) is 11.6 Å². The maximum Gasteiger partial charge on any atom is 0.435 e. The standard InChI is InChI=1S/C19H13F5N4O3S/c1-32(25,30)12-4-2-3-10(7-12)26-17(29)13-9-16(19(22,23)24)27-28-18(13)31-11-5-6-14(20)15(21)8-11/h2-9,25H,1H3,(H,26,29). The number of benzene rings is 2.